The average molecular weight is 177 g/mol. The number of aromatic nitrogens is 5. The van der Waals surface area contributed by atoms with E-state index in [1.807, 2.05) is 6.92 Å². The smallest absolute Gasteiger partial charge is 0.264 e. The largest absolute Gasteiger partial charge is 0.365 e. The van der Waals surface area contributed by atoms with Crippen LogP contribution >= 0.6 is 0 Å². The van der Waals surface area contributed by atoms with Gasteiger partial charge in [0.05, 0.1) is 5.69 Å². The predicted molar refractivity (Wildman–Crippen MR) is 44.5 cm³/mol. The molecule has 0 aliphatic heterocycles. The minimum absolute atomic E-state index is 0.352. The van der Waals surface area contributed by atoms with Gasteiger partial charge in [-0.25, -0.2) is 9.89 Å². The molecule has 0 saturated heterocycles. The second-order valence-corrected chi connectivity index (χ2v) is 2.58. The molecule has 0 aliphatic rings. The summed E-state index contributed by atoms with van der Waals surface area (Å²) >= 11 is 0. The van der Waals surface area contributed by atoms with E-state index in [0.717, 1.165) is 5.56 Å². The van der Waals surface area contributed by atoms with E-state index in [-0.39, 0.29) is 5.69 Å². The van der Waals surface area contributed by atoms with E-state index < -0.39 is 0 Å². The fraction of sp³-hybridized carbons (Fsp3) is 0.143. The lowest BCUT2D eigenvalue weighted by Crippen LogP contribution is -2.16. The van der Waals surface area contributed by atoms with Crippen LogP contribution < -0.4 is 5.69 Å². The normalized spacial score (nSPS) is 10.2. The maximum atomic E-state index is 11.1. The highest BCUT2D eigenvalue weighted by atomic mass is 16.2. The maximum Gasteiger partial charge on any atom is 0.365 e. The molecule has 2 heterocycles. The van der Waals surface area contributed by atoms with Gasteiger partial charge >= 0.3 is 5.69 Å². The molecule has 0 radical (unpaired) electrons. The van der Waals surface area contributed by atoms with Crippen molar-refractivity contribution in [2.45, 2.75) is 6.92 Å². The molecule has 0 fully saturated rings. The van der Waals surface area contributed by atoms with Gasteiger partial charge in [-0.3, -0.25) is 4.98 Å². The average Bonchev–Trinajstić information content (AvgIpc) is 2.52. The zero-order valence-corrected chi connectivity index (χ0v) is 6.93. The number of hydrogen-bond acceptors (Lipinski definition) is 4. The van der Waals surface area contributed by atoms with E-state index in [2.05, 4.69) is 20.5 Å². The molecule has 0 bridgehead atoms. The summed E-state index contributed by atoms with van der Waals surface area (Å²) in [5.41, 5.74) is 1.21. The van der Waals surface area contributed by atoms with Crippen molar-refractivity contribution in [2.75, 3.05) is 0 Å². The molecular formula is C7H7N5O. The molecular weight excluding hydrogens is 170 g/mol. The zero-order valence-electron chi connectivity index (χ0n) is 6.93. The number of H-pyrrole nitrogens is 1. The SMILES string of the molecule is Cc1cnccc1-n1nn[nH]c1=O. The Kier molecular flexibility index (Phi) is 1.66. The fourth-order valence-electron chi connectivity index (χ4n) is 1.06. The van der Waals surface area contributed by atoms with Crippen LogP contribution in [0.1, 0.15) is 5.56 Å². The number of nitrogens with one attached hydrogen (secondary N) is 1. The predicted octanol–water partition coefficient (Wildman–Crippen LogP) is -0.341. The molecule has 66 valence electrons. The summed E-state index contributed by atoms with van der Waals surface area (Å²) in [6.07, 6.45) is 3.26. The number of aryl methyl sites for hydroxylation is 1. The lowest BCUT2D eigenvalue weighted by atomic mass is 10.3. The Morgan fingerprint density at radius 1 is 1.54 bits per heavy atom. The van der Waals surface area contributed by atoms with Gasteiger partial charge in [0.25, 0.3) is 0 Å². The summed E-state index contributed by atoms with van der Waals surface area (Å²) < 4.78 is 1.19. The highest BCUT2D eigenvalue weighted by Crippen LogP contribution is 2.06. The molecule has 0 spiro atoms. The molecule has 6 nitrogen and oxygen atoms in total. The van der Waals surface area contributed by atoms with Crippen LogP contribution in [0.15, 0.2) is 23.3 Å². The van der Waals surface area contributed by atoms with Gasteiger partial charge in [0.15, 0.2) is 0 Å². The van der Waals surface area contributed by atoms with Gasteiger partial charge in [0.2, 0.25) is 0 Å². The topological polar surface area (TPSA) is 76.5 Å². The van der Waals surface area contributed by atoms with Gasteiger partial charge in [-0.05, 0) is 29.0 Å². The highest BCUT2D eigenvalue weighted by molar-refractivity contribution is 5.35. The van der Waals surface area contributed by atoms with Crippen molar-refractivity contribution in [1.82, 2.24) is 25.2 Å². The van der Waals surface area contributed by atoms with E-state index in [4.69, 9.17) is 0 Å². The molecule has 13 heavy (non-hydrogen) atoms. The summed E-state index contributed by atoms with van der Waals surface area (Å²) in [6.45, 7) is 1.85. The summed E-state index contributed by atoms with van der Waals surface area (Å²) in [5.74, 6) is 0. The van der Waals surface area contributed by atoms with Crippen LogP contribution in [0.3, 0.4) is 0 Å². The molecule has 0 saturated carbocycles. The summed E-state index contributed by atoms with van der Waals surface area (Å²) in [6, 6.07) is 1.71. The standard InChI is InChI=1S/C7H7N5O/c1-5-4-8-3-2-6(5)12-7(13)9-10-11-12/h2-4H,1H3,(H,9,11,13). The van der Waals surface area contributed by atoms with Crippen LogP contribution in [0.2, 0.25) is 0 Å². The molecule has 2 aromatic rings. The fourth-order valence-corrected chi connectivity index (χ4v) is 1.06. The molecule has 2 aromatic heterocycles. The summed E-state index contributed by atoms with van der Waals surface area (Å²) in [7, 11) is 0. The summed E-state index contributed by atoms with van der Waals surface area (Å²) in [5, 5.41) is 9.23. The summed E-state index contributed by atoms with van der Waals surface area (Å²) in [4.78, 5) is 15.0. The van der Waals surface area contributed by atoms with E-state index in [1.54, 1.807) is 18.5 Å². The zero-order chi connectivity index (χ0) is 9.26. The molecule has 0 aliphatic carbocycles. The Bertz CT molecular complexity index is 471. The van der Waals surface area contributed by atoms with E-state index in [9.17, 15) is 4.79 Å². The number of nitrogens with zero attached hydrogens (tertiary/aromatic N) is 4. The minimum Gasteiger partial charge on any atom is -0.264 e. The van der Waals surface area contributed by atoms with E-state index >= 15 is 0 Å². The number of pyridine rings is 1. The third kappa shape index (κ3) is 1.22. The van der Waals surface area contributed by atoms with Crippen molar-refractivity contribution in [2.24, 2.45) is 0 Å². The Labute approximate surface area is 73.2 Å². The minimum atomic E-state index is -0.352. The Balaban J connectivity index is 2.66. The number of rotatable bonds is 1. The van der Waals surface area contributed by atoms with E-state index in [0.29, 0.717) is 5.69 Å². The van der Waals surface area contributed by atoms with Gasteiger partial charge in [-0.1, -0.05) is 0 Å². The van der Waals surface area contributed by atoms with Gasteiger partial charge in [0.1, 0.15) is 0 Å². The number of aromatic amines is 1. The van der Waals surface area contributed by atoms with Crippen molar-refractivity contribution in [3.63, 3.8) is 0 Å². The van der Waals surface area contributed by atoms with Crippen LogP contribution in [0.25, 0.3) is 5.69 Å². The lowest BCUT2D eigenvalue weighted by Gasteiger charge is -2.00. The monoisotopic (exact) mass is 177 g/mol. The molecule has 0 unspecified atom stereocenters. The first kappa shape index (κ1) is 7.66. The van der Waals surface area contributed by atoms with Crippen LogP contribution in [-0.2, 0) is 0 Å². The second-order valence-electron chi connectivity index (χ2n) is 2.58. The van der Waals surface area contributed by atoms with Gasteiger partial charge < -0.3 is 0 Å². The molecule has 2 rings (SSSR count). The molecule has 6 heteroatoms. The molecule has 1 N–H and O–H groups in total. The third-order valence-corrected chi connectivity index (χ3v) is 1.69. The quantitative estimate of drug-likeness (QED) is 0.646. The Morgan fingerprint density at radius 2 is 2.38 bits per heavy atom. The van der Waals surface area contributed by atoms with Crippen molar-refractivity contribution in [1.29, 1.82) is 0 Å². The maximum absolute atomic E-state index is 11.1. The van der Waals surface area contributed by atoms with Crippen molar-refractivity contribution in [3.05, 3.63) is 34.5 Å². The molecule has 0 amide bonds. The first-order valence-electron chi connectivity index (χ1n) is 3.70. The van der Waals surface area contributed by atoms with Crippen LogP contribution in [-0.4, -0.2) is 25.2 Å². The van der Waals surface area contributed by atoms with E-state index in [1.165, 1.54) is 4.68 Å². The van der Waals surface area contributed by atoms with Crippen molar-refractivity contribution >= 4 is 0 Å². The van der Waals surface area contributed by atoms with Crippen molar-refractivity contribution < 1.29 is 0 Å². The Hall–Kier alpha value is -1.98. The Morgan fingerprint density at radius 3 is 3.00 bits per heavy atom. The van der Waals surface area contributed by atoms with Gasteiger partial charge in [-0.15, -0.1) is 0 Å². The first-order chi connectivity index (χ1) is 6.29. The van der Waals surface area contributed by atoms with Gasteiger partial charge in [0, 0.05) is 12.4 Å². The highest BCUT2D eigenvalue weighted by Gasteiger charge is 2.04. The first-order valence-corrected chi connectivity index (χ1v) is 3.70. The van der Waals surface area contributed by atoms with Crippen LogP contribution in [0.5, 0.6) is 0 Å². The molecule has 0 atom stereocenters. The van der Waals surface area contributed by atoms with Crippen LogP contribution in [0, 0.1) is 6.92 Å². The second kappa shape index (κ2) is 2.81. The van der Waals surface area contributed by atoms with Crippen molar-refractivity contribution in [3.8, 4) is 5.69 Å². The van der Waals surface area contributed by atoms with Gasteiger partial charge in [-0.2, -0.15) is 4.68 Å². The number of hydrogen-bond donors (Lipinski definition) is 1. The third-order valence-electron chi connectivity index (χ3n) is 1.69. The number of tetrazole rings is 1. The van der Waals surface area contributed by atoms with Crippen LogP contribution in [0.4, 0.5) is 0 Å². The lowest BCUT2D eigenvalue weighted by molar-refractivity contribution is 0.774. The molecule has 0 aromatic carbocycles.